The molecule has 1 aromatic heterocycles. The second kappa shape index (κ2) is 6.35. The van der Waals surface area contributed by atoms with Gasteiger partial charge < -0.3 is 10.1 Å². The van der Waals surface area contributed by atoms with Gasteiger partial charge in [-0.15, -0.1) is 0 Å². The van der Waals surface area contributed by atoms with Gasteiger partial charge in [-0.2, -0.15) is 0 Å². The van der Waals surface area contributed by atoms with Crippen molar-refractivity contribution in [3.8, 4) is 5.75 Å². The van der Waals surface area contributed by atoms with Crippen LogP contribution in [0.1, 0.15) is 5.56 Å². The molecule has 4 heteroatoms. The normalized spacial score (nSPS) is 10.4. The van der Waals surface area contributed by atoms with Crippen LogP contribution in [0.25, 0.3) is 6.08 Å². The number of carbonyl (C=O) groups is 1. The van der Waals surface area contributed by atoms with E-state index in [9.17, 15) is 4.79 Å². The summed E-state index contributed by atoms with van der Waals surface area (Å²) in [4.78, 5) is 15.6. The average Bonchev–Trinajstić information content (AvgIpc) is 2.46. The summed E-state index contributed by atoms with van der Waals surface area (Å²) >= 11 is 0. The number of ether oxygens (including phenoxy) is 1. The Morgan fingerprint density at radius 1 is 1.26 bits per heavy atom. The molecule has 4 nitrogen and oxygen atoms in total. The fourth-order valence-electron chi connectivity index (χ4n) is 1.59. The maximum absolute atomic E-state index is 11.7. The quantitative estimate of drug-likeness (QED) is 0.853. The zero-order valence-electron chi connectivity index (χ0n) is 10.5. The van der Waals surface area contributed by atoms with E-state index >= 15 is 0 Å². The molecule has 96 valence electrons. The Morgan fingerprint density at radius 2 is 2.11 bits per heavy atom. The molecule has 0 aliphatic heterocycles. The van der Waals surface area contributed by atoms with E-state index in [2.05, 4.69) is 10.3 Å². The van der Waals surface area contributed by atoms with Gasteiger partial charge in [0.15, 0.2) is 0 Å². The third-order valence-electron chi connectivity index (χ3n) is 2.48. The second-order valence-corrected chi connectivity index (χ2v) is 3.81. The maximum Gasteiger partial charge on any atom is 0.248 e. The van der Waals surface area contributed by atoms with Gasteiger partial charge in [0, 0.05) is 17.8 Å². The molecule has 0 bridgehead atoms. The number of rotatable bonds is 4. The van der Waals surface area contributed by atoms with Crippen LogP contribution in [0.3, 0.4) is 0 Å². The number of methoxy groups -OCH3 is 1. The topological polar surface area (TPSA) is 51.2 Å². The van der Waals surface area contributed by atoms with Crippen molar-refractivity contribution in [3.63, 3.8) is 0 Å². The molecule has 0 radical (unpaired) electrons. The van der Waals surface area contributed by atoms with Crippen molar-refractivity contribution in [2.24, 2.45) is 0 Å². The summed E-state index contributed by atoms with van der Waals surface area (Å²) in [6.45, 7) is 0. The van der Waals surface area contributed by atoms with Gasteiger partial charge in [0.1, 0.15) is 5.75 Å². The third kappa shape index (κ3) is 3.67. The van der Waals surface area contributed by atoms with Crippen molar-refractivity contribution in [3.05, 3.63) is 60.4 Å². The number of nitrogens with one attached hydrogen (secondary N) is 1. The van der Waals surface area contributed by atoms with E-state index in [0.29, 0.717) is 5.69 Å². The Labute approximate surface area is 111 Å². The first-order chi connectivity index (χ1) is 9.29. The molecule has 2 aromatic rings. The predicted octanol–water partition coefficient (Wildman–Crippen LogP) is 2.74. The standard InChI is InChI=1S/C15H14N2O2/c1-19-14-7-3-2-5-12(14)8-9-15(18)17-13-6-4-10-16-11-13/h2-11H,1H3,(H,17,18)/b9-8+. The van der Waals surface area contributed by atoms with E-state index in [1.807, 2.05) is 24.3 Å². The number of nitrogens with zero attached hydrogens (tertiary/aromatic N) is 1. The molecule has 0 aliphatic rings. The zero-order chi connectivity index (χ0) is 13.5. The van der Waals surface area contributed by atoms with E-state index in [0.717, 1.165) is 11.3 Å². The lowest BCUT2D eigenvalue weighted by Crippen LogP contribution is -2.07. The van der Waals surface area contributed by atoms with Crippen LogP contribution in [0.15, 0.2) is 54.9 Å². The van der Waals surface area contributed by atoms with Crippen molar-refractivity contribution in [2.75, 3.05) is 12.4 Å². The minimum atomic E-state index is -0.209. The lowest BCUT2D eigenvalue weighted by molar-refractivity contribution is -0.111. The summed E-state index contributed by atoms with van der Waals surface area (Å²) in [5, 5.41) is 2.72. The molecule has 1 amide bonds. The molecular weight excluding hydrogens is 240 g/mol. The number of aromatic nitrogens is 1. The highest BCUT2D eigenvalue weighted by Gasteiger charge is 2.00. The molecule has 19 heavy (non-hydrogen) atoms. The van der Waals surface area contributed by atoms with Gasteiger partial charge in [-0.3, -0.25) is 9.78 Å². The van der Waals surface area contributed by atoms with Gasteiger partial charge in [-0.05, 0) is 24.3 Å². The van der Waals surface area contributed by atoms with Gasteiger partial charge >= 0.3 is 0 Å². The summed E-state index contributed by atoms with van der Waals surface area (Å²) in [5.74, 6) is 0.520. The minimum Gasteiger partial charge on any atom is -0.496 e. The van der Waals surface area contributed by atoms with E-state index in [1.54, 1.807) is 37.7 Å². The van der Waals surface area contributed by atoms with Crippen LogP contribution >= 0.6 is 0 Å². The van der Waals surface area contributed by atoms with Crippen LogP contribution < -0.4 is 10.1 Å². The Hall–Kier alpha value is -2.62. The van der Waals surface area contributed by atoms with Crippen LogP contribution in [0.4, 0.5) is 5.69 Å². The van der Waals surface area contributed by atoms with Crippen molar-refractivity contribution < 1.29 is 9.53 Å². The Balaban J connectivity index is 2.04. The van der Waals surface area contributed by atoms with Crippen LogP contribution in [0, 0.1) is 0 Å². The van der Waals surface area contributed by atoms with Crippen LogP contribution in [0.2, 0.25) is 0 Å². The van der Waals surface area contributed by atoms with Gasteiger partial charge in [-0.25, -0.2) is 0 Å². The Morgan fingerprint density at radius 3 is 2.84 bits per heavy atom. The van der Waals surface area contributed by atoms with Crippen molar-refractivity contribution in [1.29, 1.82) is 0 Å². The molecule has 0 spiro atoms. The van der Waals surface area contributed by atoms with E-state index in [-0.39, 0.29) is 5.91 Å². The third-order valence-corrected chi connectivity index (χ3v) is 2.48. The highest BCUT2D eigenvalue weighted by molar-refractivity contribution is 6.01. The second-order valence-electron chi connectivity index (χ2n) is 3.81. The molecule has 1 N–H and O–H groups in total. The van der Waals surface area contributed by atoms with Crippen molar-refractivity contribution in [1.82, 2.24) is 4.98 Å². The summed E-state index contributed by atoms with van der Waals surface area (Å²) in [6.07, 6.45) is 6.42. The largest absolute Gasteiger partial charge is 0.496 e. The van der Waals surface area contributed by atoms with E-state index in [1.165, 1.54) is 6.08 Å². The number of hydrogen-bond donors (Lipinski definition) is 1. The summed E-state index contributed by atoms with van der Waals surface area (Å²) in [6, 6.07) is 11.0. The highest BCUT2D eigenvalue weighted by Crippen LogP contribution is 2.18. The number of pyridine rings is 1. The number of benzene rings is 1. The molecule has 1 heterocycles. The van der Waals surface area contributed by atoms with Gasteiger partial charge in [0.25, 0.3) is 0 Å². The smallest absolute Gasteiger partial charge is 0.248 e. The molecule has 0 saturated heterocycles. The molecule has 0 atom stereocenters. The first kappa shape index (κ1) is 12.8. The lowest BCUT2D eigenvalue weighted by Gasteiger charge is -2.03. The minimum absolute atomic E-state index is 0.209. The van der Waals surface area contributed by atoms with Crippen LogP contribution in [0.5, 0.6) is 5.75 Å². The molecule has 0 aliphatic carbocycles. The lowest BCUT2D eigenvalue weighted by atomic mass is 10.2. The Kier molecular flexibility index (Phi) is 4.29. The van der Waals surface area contributed by atoms with Crippen molar-refractivity contribution >= 4 is 17.7 Å². The first-order valence-electron chi connectivity index (χ1n) is 5.81. The predicted molar refractivity (Wildman–Crippen MR) is 74.9 cm³/mol. The fourth-order valence-corrected chi connectivity index (χ4v) is 1.59. The number of anilines is 1. The van der Waals surface area contributed by atoms with Gasteiger partial charge in [-0.1, -0.05) is 18.2 Å². The number of carbonyl (C=O) groups excluding carboxylic acids is 1. The van der Waals surface area contributed by atoms with E-state index < -0.39 is 0 Å². The summed E-state index contributed by atoms with van der Waals surface area (Å²) < 4.78 is 5.20. The fraction of sp³-hybridized carbons (Fsp3) is 0.0667. The number of hydrogen-bond acceptors (Lipinski definition) is 3. The summed E-state index contributed by atoms with van der Waals surface area (Å²) in [7, 11) is 1.60. The molecular formula is C15H14N2O2. The van der Waals surface area contributed by atoms with Crippen LogP contribution in [-0.2, 0) is 4.79 Å². The zero-order valence-corrected chi connectivity index (χ0v) is 10.5. The molecule has 0 fully saturated rings. The molecule has 0 unspecified atom stereocenters. The number of para-hydroxylation sites is 1. The average molecular weight is 254 g/mol. The molecule has 0 saturated carbocycles. The monoisotopic (exact) mass is 254 g/mol. The van der Waals surface area contributed by atoms with Crippen LogP contribution in [-0.4, -0.2) is 18.0 Å². The SMILES string of the molecule is COc1ccccc1/C=C/C(=O)Nc1cccnc1. The van der Waals surface area contributed by atoms with E-state index in [4.69, 9.17) is 4.74 Å². The van der Waals surface area contributed by atoms with Gasteiger partial charge in [0.2, 0.25) is 5.91 Å². The highest BCUT2D eigenvalue weighted by atomic mass is 16.5. The molecule has 2 rings (SSSR count). The number of amides is 1. The van der Waals surface area contributed by atoms with Crippen molar-refractivity contribution in [2.45, 2.75) is 0 Å². The Bertz CT molecular complexity index is 580. The van der Waals surface area contributed by atoms with Gasteiger partial charge in [0.05, 0.1) is 19.0 Å². The summed E-state index contributed by atoms with van der Waals surface area (Å²) in [5.41, 5.74) is 1.52. The molecule has 1 aromatic carbocycles. The maximum atomic E-state index is 11.7. The first-order valence-corrected chi connectivity index (χ1v) is 5.81.